The molecule has 2 rings (SSSR count). The summed E-state index contributed by atoms with van der Waals surface area (Å²) in [5.74, 6) is -0.983. The average molecular weight is 265 g/mol. The molecule has 1 aromatic heterocycles. The van der Waals surface area contributed by atoms with Crippen molar-refractivity contribution in [1.29, 1.82) is 0 Å². The molecule has 0 saturated carbocycles. The molecule has 2 aromatic rings. The standard InChI is InChI=1S/C14H17F2N3/c1-10(18-8-11-7-17-9-19(11)2)6-12-13(15)4-3-5-14(12)16/h3-5,7,9-10,18H,6,8H2,1-2H3. The molecule has 0 bridgehead atoms. The van der Waals surface area contributed by atoms with Crippen LogP contribution in [0.15, 0.2) is 30.7 Å². The maximum Gasteiger partial charge on any atom is 0.129 e. The van der Waals surface area contributed by atoms with Crippen LogP contribution in [0.4, 0.5) is 8.78 Å². The number of benzene rings is 1. The third-order valence-electron chi connectivity index (χ3n) is 3.12. The van der Waals surface area contributed by atoms with Gasteiger partial charge in [0.15, 0.2) is 0 Å². The van der Waals surface area contributed by atoms with Crippen molar-refractivity contribution in [2.45, 2.75) is 25.9 Å². The van der Waals surface area contributed by atoms with Crippen LogP contribution in [0.25, 0.3) is 0 Å². The molecule has 0 radical (unpaired) electrons. The van der Waals surface area contributed by atoms with Crippen molar-refractivity contribution in [3.63, 3.8) is 0 Å². The highest BCUT2D eigenvalue weighted by Gasteiger charge is 2.12. The average Bonchev–Trinajstić information content (AvgIpc) is 2.77. The van der Waals surface area contributed by atoms with E-state index in [-0.39, 0.29) is 11.6 Å². The quantitative estimate of drug-likeness (QED) is 0.899. The minimum atomic E-state index is -0.491. The zero-order chi connectivity index (χ0) is 13.8. The van der Waals surface area contributed by atoms with Gasteiger partial charge in [0.2, 0.25) is 0 Å². The van der Waals surface area contributed by atoms with Crippen LogP contribution in [-0.4, -0.2) is 15.6 Å². The number of nitrogens with one attached hydrogen (secondary N) is 1. The van der Waals surface area contributed by atoms with Crippen LogP contribution in [0, 0.1) is 11.6 Å². The van der Waals surface area contributed by atoms with Crippen LogP contribution < -0.4 is 5.32 Å². The fourth-order valence-electron chi connectivity index (χ4n) is 1.94. The van der Waals surface area contributed by atoms with E-state index in [9.17, 15) is 8.78 Å². The van der Waals surface area contributed by atoms with Crippen molar-refractivity contribution in [3.8, 4) is 0 Å². The summed E-state index contributed by atoms with van der Waals surface area (Å²) in [4.78, 5) is 4.01. The Kier molecular flexibility index (Phi) is 4.27. The molecule has 5 heteroatoms. The van der Waals surface area contributed by atoms with Gasteiger partial charge in [-0.05, 0) is 25.5 Å². The molecule has 1 unspecified atom stereocenters. The number of hydrogen-bond acceptors (Lipinski definition) is 2. The van der Waals surface area contributed by atoms with E-state index in [1.54, 1.807) is 12.5 Å². The molecule has 0 aliphatic heterocycles. The molecule has 19 heavy (non-hydrogen) atoms. The zero-order valence-corrected chi connectivity index (χ0v) is 11.0. The summed E-state index contributed by atoms with van der Waals surface area (Å²) in [6, 6.07) is 3.92. The minimum absolute atomic E-state index is 0.0266. The lowest BCUT2D eigenvalue weighted by atomic mass is 10.1. The zero-order valence-electron chi connectivity index (χ0n) is 11.0. The van der Waals surface area contributed by atoms with Gasteiger partial charge in [-0.1, -0.05) is 6.07 Å². The Balaban J connectivity index is 1.94. The normalized spacial score (nSPS) is 12.6. The van der Waals surface area contributed by atoms with Gasteiger partial charge in [0.25, 0.3) is 0 Å². The predicted molar refractivity (Wildman–Crippen MR) is 69.6 cm³/mol. The third-order valence-corrected chi connectivity index (χ3v) is 3.12. The smallest absolute Gasteiger partial charge is 0.129 e. The van der Waals surface area contributed by atoms with E-state index in [0.717, 1.165) is 5.69 Å². The highest BCUT2D eigenvalue weighted by atomic mass is 19.1. The fraction of sp³-hybridized carbons (Fsp3) is 0.357. The first-order chi connectivity index (χ1) is 9.08. The van der Waals surface area contributed by atoms with Crippen LogP contribution >= 0.6 is 0 Å². The highest BCUT2D eigenvalue weighted by Crippen LogP contribution is 2.14. The van der Waals surface area contributed by atoms with Crippen LogP contribution in [0.1, 0.15) is 18.2 Å². The van der Waals surface area contributed by atoms with Gasteiger partial charge in [0, 0.05) is 31.4 Å². The molecule has 0 aliphatic carbocycles. The summed E-state index contributed by atoms with van der Waals surface area (Å²) in [6.07, 6.45) is 3.80. The number of halogens is 2. The van der Waals surface area contributed by atoms with E-state index < -0.39 is 11.6 Å². The SMILES string of the molecule is CC(Cc1c(F)cccc1F)NCc1cncn1C. The molecule has 102 valence electrons. The van der Waals surface area contributed by atoms with Crippen LogP contribution in [0.3, 0.4) is 0 Å². The van der Waals surface area contributed by atoms with Crippen molar-refractivity contribution in [1.82, 2.24) is 14.9 Å². The fourth-order valence-corrected chi connectivity index (χ4v) is 1.94. The first-order valence-electron chi connectivity index (χ1n) is 6.19. The number of rotatable bonds is 5. The van der Waals surface area contributed by atoms with Crippen molar-refractivity contribution in [2.75, 3.05) is 0 Å². The van der Waals surface area contributed by atoms with Crippen LogP contribution in [0.2, 0.25) is 0 Å². The summed E-state index contributed by atoms with van der Waals surface area (Å²) in [6.45, 7) is 2.52. The molecule has 1 atom stereocenters. The lowest BCUT2D eigenvalue weighted by Crippen LogP contribution is -2.29. The lowest BCUT2D eigenvalue weighted by molar-refractivity contribution is 0.494. The van der Waals surface area contributed by atoms with E-state index in [1.165, 1.54) is 18.2 Å². The van der Waals surface area contributed by atoms with Crippen molar-refractivity contribution >= 4 is 0 Å². The summed E-state index contributed by atoms with van der Waals surface area (Å²) < 4.78 is 28.9. The summed E-state index contributed by atoms with van der Waals surface area (Å²) in [7, 11) is 1.91. The monoisotopic (exact) mass is 265 g/mol. The van der Waals surface area contributed by atoms with Gasteiger partial charge in [-0.3, -0.25) is 0 Å². The largest absolute Gasteiger partial charge is 0.337 e. The van der Waals surface area contributed by atoms with E-state index in [0.29, 0.717) is 13.0 Å². The molecular formula is C14H17F2N3. The Hall–Kier alpha value is -1.75. The van der Waals surface area contributed by atoms with E-state index in [2.05, 4.69) is 10.3 Å². The molecule has 3 nitrogen and oxygen atoms in total. The molecule has 1 heterocycles. The Morgan fingerprint density at radius 2 is 2.00 bits per heavy atom. The second kappa shape index (κ2) is 5.93. The minimum Gasteiger partial charge on any atom is -0.337 e. The summed E-state index contributed by atoms with van der Waals surface area (Å²) in [5, 5.41) is 3.23. The predicted octanol–water partition coefficient (Wildman–Crippen LogP) is 2.42. The molecule has 0 aliphatic rings. The van der Waals surface area contributed by atoms with Crippen molar-refractivity contribution < 1.29 is 8.78 Å². The molecule has 0 spiro atoms. The molecular weight excluding hydrogens is 248 g/mol. The van der Waals surface area contributed by atoms with Gasteiger partial charge in [0.1, 0.15) is 11.6 Å². The van der Waals surface area contributed by atoms with Gasteiger partial charge >= 0.3 is 0 Å². The molecule has 0 saturated heterocycles. The number of aromatic nitrogens is 2. The Morgan fingerprint density at radius 3 is 2.58 bits per heavy atom. The van der Waals surface area contributed by atoms with E-state index >= 15 is 0 Å². The summed E-state index contributed by atoms with van der Waals surface area (Å²) >= 11 is 0. The second-order valence-electron chi connectivity index (χ2n) is 4.68. The van der Waals surface area contributed by atoms with Crippen LogP contribution in [0.5, 0.6) is 0 Å². The van der Waals surface area contributed by atoms with Gasteiger partial charge < -0.3 is 9.88 Å². The van der Waals surface area contributed by atoms with Gasteiger partial charge in [-0.2, -0.15) is 0 Å². The first-order valence-corrected chi connectivity index (χ1v) is 6.19. The lowest BCUT2D eigenvalue weighted by Gasteiger charge is -2.15. The van der Waals surface area contributed by atoms with Crippen molar-refractivity contribution in [3.05, 3.63) is 53.6 Å². The van der Waals surface area contributed by atoms with Crippen LogP contribution in [-0.2, 0) is 20.0 Å². The molecule has 1 aromatic carbocycles. The Bertz CT molecular complexity index is 531. The molecule has 1 N–H and O–H groups in total. The van der Waals surface area contributed by atoms with Gasteiger partial charge in [-0.15, -0.1) is 0 Å². The topological polar surface area (TPSA) is 29.9 Å². The van der Waals surface area contributed by atoms with Gasteiger partial charge in [0.05, 0.1) is 12.0 Å². The van der Waals surface area contributed by atoms with Crippen molar-refractivity contribution in [2.24, 2.45) is 7.05 Å². The number of imidazole rings is 1. The molecule has 0 amide bonds. The first kappa shape index (κ1) is 13.7. The summed E-state index contributed by atoms with van der Waals surface area (Å²) in [5.41, 5.74) is 1.16. The second-order valence-corrected chi connectivity index (χ2v) is 4.68. The Labute approximate surface area is 111 Å². The number of aryl methyl sites for hydroxylation is 1. The van der Waals surface area contributed by atoms with E-state index in [1.807, 2.05) is 18.5 Å². The van der Waals surface area contributed by atoms with Gasteiger partial charge in [-0.25, -0.2) is 13.8 Å². The maximum atomic E-state index is 13.5. The maximum absolute atomic E-state index is 13.5. The third kappa shape index (κ3) is 3.38. The number of nitrogens with zero attached hydrogens (tertiary/aromatic N) is 2. The number of hydrogen-bond donors (Lipinski definition) is 1. The van der Waals surface area contributed by atoms with E-state index in [4.69, 9.17) is 0 Å². The highest BCUT2D eigenvalue weighted by molar-refractivity contribution is 5.20. The molecule has 0 fully saturated rings. The Morgan fingerprint density at radius 1 is 1.32 bits per heavy atom.